The minimum Gasteiger partial charge on any atom is -0.497 e. The van der Waals surface area contributed by atoms with Gasteiger partial charge in [-0.1, -0.05) is 17.7 Å². The maximum absolute atomic E-state index is 13.4. The van der Waals surface area contributed by atoms with E-state index in [-0.39, 0.29) is 23.7 Å². The number of carbonyl (C=O) groups is 2. The zero-order valence-corrected chi connectivity index (χ0v) is 18.6. The van der Waals surface area contributed by atoms with Crippen molar-refractivity contribution < 1.29 is 19.1 Å². The Labute approximate surface area is 187 Å². The largest absolute Gasteiger partial charge is 0.497 e. The summed E-state index contributed by atoms with van der Waals surface area (Å²) in [6, 6.07) is 12.5. The number of amides is 2. The molecule has 2 amide bonds. The van der Waals surface area contributed by atoms with Crippen molar-refractivity contribution in [1.82, 2.24) is 9.80 Å². The van der Waals surface area contributed by atoms with Crippen LogP contribution in [-0.4, -0.2) is 62.0 Å². The molecule has 0 bridgehead atoms. The lowest BCUT2D eigenvalue weighted by molar-refractivity contribution is -0.134. The Morgan fingerprint density at radius 3 is 2.29 bits per heavy atom. The lowest BCUT2D eigenvalue weighted by Crippen LogP contribution is -2.37. The topological polar surface area (TPSA) is 59.1 Å². The van der Waals surface area contributed by atoms with E-state index >= 15 is 0 Å². The third-order valence-corrected chi connectivity index (χ3v) is 6.53. The van der Waals surface area contributed by atoms with E-state index in [4.69, 9.17) is 21.1 Å². The molecule has 0 unspecified atom stereocenters. The van der Waals surface area contributed by atoms with E-state index < -0.39 is 0 Å². The van der Waals surface area contributed by atoms with Crippen LogP contribution in [0.1, 0.15) is 34.7 Å². The standard InChI is InChI=1S/C24H27ClN2O4/c1-30-18-9-10-19(22(13-18)31-2)20-14-27(23(28)16-5-7-17(25)8-6-16)15-21(20)24(29)26-11-3-4-12-26/h5-10,13,20-21H,3-4,11-12,14-15H2,1-2H3/t20-,21-/m1/s1. The van der Waals surface area contributed by atoms with Crippen molar-refractivity contribution in [1.29, 1.82) is 0 Å². The number of ether oxygens (including phenoxy) is 2. The van der Waals surface area contributed by atoms with Gasteiger partial charge in [0.1, 0.15) is 11.5 Å². The average Bonchev–Trinajstić information content (AvgIpc) is 3.49. The number of hydrogen-bond acceptors (Lipinski definition) is 4. The second kappa shape index (κ2) is 9.18. The van der Waals surface area contributed by atoms with Gasteiger partial charge >= 0.3 is 0 Å². The quantitative estimate of drug-likeness (QED) is 0.706. The van der Waals surface area contributed by atoms with Crippen LogP contribution in [0.15, 0.2) is 42.5 Å². The Morgan fingerprint density at radius 2 is 1.65 bits per heavy atom. The summed E-state index contributed by atoms with van der Waals surface area (Å²) in [5, 5.41) is 0.584. The van der Waals surface area contributed by atoms with Gasteiger partial charge in [0, 0.05) is 54.3 Å². The monoisotopic (exact) mass is 442 g/mol. The molecule has 2 aromatic rings. The molecule has 0 radical (unpaired) electrons. The first kappa shape index (κ1) is 21.5. The van der Waals surface area contributed by atoms with Crippen LogP contribution in [0.5, 0.6) is 11.5 Å². The number of carbonyl (C=O) groups excluding carboxylic acids is 2. The van der Waals surface area contributed by atoms with Gasteiger partial charge in [0.2, 0.25) is 5.91 Å². The molecule has 7 heteroatoms. The SMILES string of the molecule is COc1ccc([C@H]2CN(C(=O)c3ccc(Cl)cc3)C[C@H]2C(=O)N2CCCC2)c(OC)c1. The van der Waals surface area contributed by atoms with Gasteiger partial charge in [-0.15, -0.1) is 0 Å². The van der Waals surface area contributed by atoms with Crippen molar-refractivity contribution in [2.24, 2.45) is 5.92 Å². The van der Waals surface area contributed by atoms with E-state index in [0.29, 0.717) is 35.2 Å². The second-order valence-electron chi connectivity index (χ2n) is 8.07. The fourth-order valence-electron chi connectivity index (χ4n) is 4.61. The van der Waals surface area contributed by atoms with Crippen LogP contribution in [-0.2, 0) is 4.79 Å². The van der Waals surface area contributed by atoms with Gasteiger partial charge in [-0.05, 0) is 43.2 Å². The van der Waals surface area contributed by atoms with E-state index in [1.807, 2.05) is 23.1 Å². The Hall–Kier alpha value is -2.73. The number of likely N-dealkylation sites (tertiary alicyclic amines) is 2. The molecule has 2 heterocycles. The summed E-state index contributed by atoms with van der Waals surface area (Å²) < 4.78 is 11.0. The molecule has 2 aliphatic rings. The van der Waals surface area contributed by atoms with E-state index in [1.54, 1.807) is 43.4 Å². The zero-order valence-electron chi connectivity index (χ0n) is 17.8. The van der Waals surface area contributed by atoms with E-state index in [1.165, 1.54) is 0 Å². The van der Waals surface area contributed by atoms with Crippen LogP contribution in [0, 0.1) is 5.92 Å². The maximum atomic E-state index is 13.4. The summed E-state index contributed by atoms with van der Waals surface area (Å²) in [6.07, 6.45) is 2.06. The molecule has 0 aromatic heterocycles. The van der Waals surface area contributed by atoms with E-state index in [9.17, 15) is 9.59 Å². The first-order chi connectivity index (χ1) is 15.0. The van der Waals surface area contributed by atoms with E-state index in [0.717, 1.165) is 31.5 Å². The highest BCUT2D eigenvalue weighted by atomic mass is 35.5. The summed E-state index contributed by atoms with van der Waals surface area (Å²) >= 11 is 5.98. The summed E-state index contributed by atoms with van der Waals surface area (Å²) in [5.41, 5.74) is 1.49. The first-order valence-electron chi connectivity index (χ1n) is 10.6. The zero-order chi connectivity index (χ0) is 22.0. The lowest BCUT2D eigenvalue weighted by Gasteiger charge is -2.25. The van der Waals surface area contributed by atoms with E-state index in [2.05, 4.69) is 0 Å². The molecular formula is C24H27ClN2O4. The fraction of sp³-hybridized carbons (Fsp3) is 0.417. The molecule has 2 saturated heterocycles. The molecule has 31 heavy (non-hydrogen) atoms. The van der Waals surface area contributed by atoms with Crippen molar-refractivity contribution in [3.05, 3.63) is 58.6 Å². The van der Waals surface area contributed by atoms with Crippen LogP contribution >= 0.6 is 11.6 Å². The van der Waals surface area contributed by atoms with Gasteiger partial charge in [-0.25, -0.2) is 0 Å². The number of hydrogen-bond donors (Lipinski definition) is 0. The molecule has 164 valence electrons. The minimum atomic E-state index is -0.309. The Bertz CT molecular complexity index is 957. The van der Waals surface area contributed by atoms with Gasteiger partial charge in [-0.3, -0.25) is 9.59 Å². The van der Waals surface area contributed by atoms with Crippen molar-refractivity contribution >= 4 is 23.4 Å². The van der Waals surface area contributed by atoms with Crippen molar-refractivity contribution in [2.45, 2.75) is 18.8 Å². The van der Waals surface area contributed by atoms with Crippen LogP contribution in [0.25, 0.3) is 0 Å². The summed E-state index contributed by atoms with van der Waals surface area (Å²) in [5.74, 6) is 0.930. The lowest BCUT2D eigenvalue weighted by atomic mass is 9.87. The molecule has 2 fully saturated rings. The van der Waals surface area contributed by atoms with Crippen molar-refractivity contribution in [3.8, 4) is 11.5 Å². The van der Waals surface area contributed by atoms with Crippen LogP contribution in [0.3, 0.4) is 0 Å². The summed E-state index contributed by atoms with van der Waals surface area (Å²) in [4.78, 5) is 30.3. The fourth-order valence-corrected chi connectivity index (χ4v) is 4.73. The summed E-state index contributed by atoms with van der Waals surface area (Å²) in [7, 11) is 3.22. The van der Waals surface area contributed by atoms with Crippen LogP contribution in [0.2, 0.25) is 5.02 Å². The molecule has 6 nitrogen and oxygen atoms in total. The number of methoxy groups -OCH3 is 2. The third kappa shape index (κ3) is 4.35. The Morgan fingerprint density at radius 1 is 0.935 bits per heavy atom. The first-order valence-corrected chi connectivity index (χ1v) is 10.9. The molecule has 0 aliphatic carbocycles. The van der Waals surface area contributed by atoms with Gasteiger partial charge < -0.3 is 19.3 Å². The van der Waals surface area contributed by atoms with Crippen LogP contribution < -0.4 is 9.47 Å². The third-order valence-electron chi connectivity index (χ3n) is 6.27. The van der Waals surface area contributed by atoms with Gasteiger partial charge in [-0.2, -0.15) is 0 Å². The molecule has 4 rings (SSSR count). The van der Waals surface area contributed by atoms with Gasteiger partial charge in [0.25, 0.3) is 5.91 Å². The Balaban J connectivity index is 1.66. The van der Waals surface area contributed by atoms with Crippen molar-refractivity contribution in [2.75, 3.05) is 40.4 Å². The van der Waals surface area contributed by atoms with Gasteiger partial charge in [0.05, 0.1) is 20.1 Å². The maximum Gasteiger partial charge on any atom is 0.253 e. The number of halogens is 1. The number of benzene rings is 2. The predicted molar refractivity (Wildman–Crippen MR) is 119 cm³/mol. The molecule has 0 saturated carbocycles. The summed E-state index contributed by atoms with van der Waals surface area (Å²) in [6.45, 7) is 2.41. The minimum absolute atomic E-state index is 0.0918. The highest BCUT2D eigenvalue weighted by Crippen LogP contribution is 2.40. The highest BCUT2D eigenvalue weighted by Gasteiger charge is 2.43. The molecule has 0 spiro atoms. The molecule has 2 aromatic carbocycles. The number of rotatable bonds is 5. The van der Waals surface area contributed by atoms with Crippen molar-refractivity contribution in [3.63, 3.8) is 0 Å². The molecule has 2 aliphatic heterocycles. The average molecular weight is 443 g/mol. The Kier molecular flexibility index (Phi) is 6.37. The highest BCUT2D eigenvalue weighted by molar-refractivity contribution is 6.30. The number of nitrogens with zero attached hydrogens (tertiary/aromatic N) is 2. The smallest absolute Gasteiger partial charge is 0.253 e. The predicted octanol–water partition coefficient (Wildman–Crippen LogP) is 3.84. The molecule has 0 N–H and O–H groups in total. The van der Waals surface area contributed by atoms with Crippen LogP contribution in [0.4, 0.5) is 0 Å². The van der Waals surface area contributed by atoms with Gasteiger partial charge in [0.15, 0.2) is 0 Å². The molecular weight excluding hydrogens is 416 g/mol. The molecule has 2 atom stereocenters. The normalized spacial score (nSPS) is 20.7. The second-order valence-corrected chi connectivity index (χ2v) is 8.51.